The van der Waals surface area contributed by atoms with Crippen LogP contribution in [0.3, 0.4) is 0 Å². The molecule has 2 aromatic rings. The Morgan fingerprint density at radius 3 is 2.40 bits per heavy atom. The van der Waals surface area contributed by atoms with Gasteiger partial charge in [-0.05, 0) is 82.8 Å². The molecule has 134 valence electrons. The zero-order valence-electron chi connectivity index (χ0n) is 15.4. The van der Waals surface area contributed by atoms with Gasteiger partial charge in [-0.15, -0.1) is 0 Å². The van der Waals surface area contributed by atoms with Crippen LogP contribution in [0.2, 0.25) is 0 Å². The van der Waals surface area contributed by atoms with E-state index in [-0.39, 0.29) is 11.3 Å². The molecular formula is C21H26INO2. The quantitative estimate of drug-likeness (QED) is 0.453. The van der Waals surface area contributed by atoms with Crippen LogP contribution in [-0.4, -0.2) is 12.5 Å². The van der Waals surface area contributed by atoms with E-state index in [9.17, 15) is 4.79 Å². The summed E-state index contributed by atoms with van der Waals surface area (Å²) in [6.07, 6.45) is 1.14. The topological polar surface area (TPSA) is 38.3 Å². The number of benzene rings is 2. The summed E-state index contributed by atoms with van der Waals surface area (Å²) in [7, 11) is 0. The zero-order valence-corrected chi connectivity index (χ0v) is 17.5. The third-order valence-corrected chi connectivity index (χ3v) is 4.67. The van der Waals surface area contributed by atoms with Crippen molar-refractivity contribution >= 4 is 34.2 Å². The molecule has 0 fully saturated rings. The summed E-state index contributed by atoms with van der Waals surface area (Å²) in [6, 6.07) is 14.2. The lowest BCUT2D eigenvalue weighted by molar-refractivity contribution is -0.116. The Labute approximate surface area is 164 Å². The van der Waals surface area contributed by atoms with Gasteiger partial charge >= 0.3 is 0 Å². The van der Waals surface area contributed by atoms with E-state index in [2.05, 4.69) is 66.9 Å². The van der Waals surface area contributed by atoms with Crippen LogP contribution >= 0.6 is 22.6 Å². The molecule has 4 heteroatoms. The molecule has 0 spiro atoms. The maximum Gasteiger partial charge on any atom is 0.224 e. The highest BCUT2D eigenvalue weighted by Crippen LogP contribution is 2.24. The number of amides is 1. The largest absolute Gasteiger partial charge is 0.494 e. The SMILES string of the molecule is Cc1cc(I)ccc1NC(=O)CCCOc1ccc(C(C)(C)C)cc1. The second-order valence-electron chi connectivity index (χ2n) is 7.23. The van der Waals surface area contributed by atoms with Crippen LogP contribution in [0.25, 0.3) is 0 Å². The van der Waals surface area contributed by atoms with Crippen LogP contribution < -0.4 is 10.1 Å². The van der Waals surface area contributed by atoms with Crippen molar-refractivity contribution in [3.63, 3.8) is 0 Å². The Morgan fingerprint density at radius 1 is 1.12 bits per heavy atom. The Bertz CT molecular complexity index is 718. The van der Waals surface area contributed by atoms with E-state index in [0.717, 1.165) is 17.0 Å². The molecule has 0 heterocycles. The monoisotopic (exact) mass is 451 g/mol. The molecule has 0 aliphatic carbocycles. The Balaban J connectivity index is 1.74. The van der Waals surface area contributed by atoms with Crippen molar-refractivity contribution < 1.29 is 9.53 Å². The van der Waals surface area contributed by atoms with E-state index in [1.54, 1.807) is 0 Å². The molecule has 0 radical (unpaired) electrons. The van der Waals surface area contributed by atoms with Gasteiger partial charge in [-0.3, -0.25) is 4.79 Å². The van der Waals surface area contributed by atoms with Gasteiger partial charge in [0.15, 0.2) is 0 Å². The van der Waals surface area contributed by atoms with Gasteiger partial charge in [0.25, 0.3) is 0 Å². The summed E-state index contributed by atoms with van der Waals surface area (Å²) in [5, 5.41) is 2.96. The maximum atomic E-state index is 12.0. The lowest BCUT2D eigenvalue weighted by Gasteiger charge is -2.19. The number of carbonyl (C=O) groups excluding carboxylic acids is 1. The third kappa shape index (κ3) is 6.34. The van der Waals surface area contributed by atoms with E-state index in [1.807, 2.05) is 31.2 Å². The molecular weight excluding hydrogens is 425 g/mol. The number of rotatable bonds is 6. The Kier molecular flexibility index (Phi) is 6.87. The van der Waals surface area contributed by atoms with Gasteiger partial charge in [-0.1, -0.05) is 32.9 Å². The minimum atomic E-state index is 0.0241. The van der Waals surface area contributed by atoms with Crippen LogP contribution in [0.5, 0.6) is 5.75 Å². The van der Waals surface area contributed by atoms with Gasteiger partial charge in [-0.25, -0.2) is 0 Å². The van der Waals surface area contributed by atoms with Gasteiger partial charge in [0.2, 0.25) is 5.91 Å². The molecule has 0 aromatic heterocycles. The smallest absolute Gasteiger partial charge is 0.224 e. The molecule has 0 aliphatic rings. The van der Waals surface area contributed by atoms with Crippen molar-refractivity contribution in [2.45, 2.75) is 46.0 Å². The number of carbonyl (C=O) groups is 1. The number of nitrogens with one attached hydrogen (secondary N) is 1. The van der Waals surface area contributed by atoms with Crippen LogP contribution in [0, 0.1) is 10.5 Å². The highest BCUT2D eigenvalue weighted by Gasteiger charge is 2.13. The van der Waals surface area contributed by atoms with Gasteiger partial charge in [0, 0.05) is 15.7 Å². The average molecular weight is 451 g/mol. The maximum absolute atomic E-state index is 12.0. The molecule has 0 saturated heterocycles. The van der Waals surface area contributed by atoms with Crippen molar-refractivity contribution in [3.05, 3.63) is 57.2 Å². The predicted molar refractivity (Wildman–Crippen MR) is 112 cm³/mol. The minimum Gasteiger partial charge on any atom is -0.494 e. The second kappa shape index (κ2) is 8.70. The summed E-state index contributed by atoms with van der Waals surface area (Å²) in [5.74, 6) is 0.873. The molecule has 0 bridgehead atoms. The third-order valence-electron chi connectivity index (χ3n) is 4.00. The van der Waals surface area contributed by atoms with Crippen molar-refractivity contribution in [1.82, 2.24) is 0 Å². The highest BCUT2D eigenvalue weighted by atomic mass is 127. The average Bonchev–Trinajstić information content (AvgIpc) is 2.54. The number of hydrogen-bond acceptors (Lipinski definition) is 2. The van der Waals surface area contributed by atoms with Gasteiger partial charge in [0.05, 0.1) is 6.61 Å². The van der Waals surface area contributed by atoms with Crippen molar-refractivity contribution in [1.29, 1.82) is 0 Å². The first kappa shape index (κ1) is 19.8. The second-order valence-corrected chi connectivity index (χ2v) is 8.48. The lowest BCUT2D eigenvalue weighted by atomic mass is 9.87. The standard InChI is InChI=1S/C21H26INO2/c1-15-14-17(22)9-12-19(15)23-20(24)6-5-13-25-18-10-7-16(8-11-18)21(2,3)4/h7-12,14H,5-6,13H2,1-4H3,(H,23,24). The summed E-state index contributed by atoms with van der Waals surface area (Å²) in [5.41, 5.74) is 3.39. The molecule has 25 heavy (non-hydrogen) atoms. The summed E-state index contributed by atoms with van der Waals surface area (Å²) < 4.78 is 6.90. The number of anilines is 1. The van der Waals surface area contributed by atoms with E-state index in [4.69, 9.17) is 4.74 Å². The Hall–Kier alpha value is -1.56. The van der Waals surface area contributed by atoms with Crippen LogP contribution in [0.1, 0.15) is 44.7 Å². The fraction of sp³-hybridized carbons (Fsp3) is 0.381. The molecule has 1 amide bonds. The molecule has 3 nitrogen and oxygen atoms in total. The lowest BCUT2D eigenvalue weighted by Crippen LogP contribution is -2.13. The number of halogens is 1. The molecule has 1 N–H and O–H groups in total. The fourth-order valence-corrected chi connectivity index (χ4v) is 3.10. The van der Waals surface area contributed by atoms with Crippen molar-refractivity contribution in [3.8, 4) is 5.75 Å². The number of ether oxygens (including phenoxy) is 1. The molecule has 0 unspecified atom stereocenters. The summed E-state index contributed by atoms with van der Waals surface area (Å²) in [4.78, 5) is 12.0. The minimum absolute atomic E-state index is 0.0241. The van der Waals surface area contributed by atoms with E-state index in [1.165, 1.54) is 9.13 Å². The van der Waals surface area contributed by atoms with Gasteiger partial charge < -0.3 is 10.1 Å². The van der Waals surface area contributed by atoms with Gasteiger partial charge in [-0.2, -0.15) is 0 Å². The first-order valence-electron chi connectivity index (χ1n) is 8.55. The number of aryl methyl sites for hydroxylation is 1. The van der Waals surface area contributed by atoms with Gasteiger partial charge in [0.1, 0.15) is 5.75 Å². The molecule has 2 aromatic carbocycles. The molecule has 0 aliphatic heterocycles. The van der Waals surface area contributed by atoms with Crippen LogP contribution in [0.15, 0.2) is 42.5 Å². The normalized spacial score (nSPS) is 11.2. The molecule has 2 rings (SSSR count). The fourth-order valence-electron chi connectivity index (χ4n) is 2.45. The summed E-state index contributed by atoms with van der Waals surface area (Å²) in [6.45, 7) is 9.11. The van der Waals surface area contributed by atoms with E-state index in [0.29, 0.717) is 19.4 Å². The summed E-state index contributed by atoms with van der Waals surface area (Å²) >= 11 is 2.27. The molecule has 0 atom stereocenters. The van der Waals surface area contributed by atoms with Crippen molar-refractivity contribution in [2.75, 3.05) is 11.9 Å². The van der Waals surface area contributed by atoms with Crippen LogP contribution in [0.4, 0.5) is 5.69 Å². The van der Waals surface area contributed by atoms with E-state index < -0.39 is 0 Å². The first-order valence-corrected chi connectivity index (χ1v) is 9.63. The predicted octanol–water partition coefficient (Wildman–Crippen LogP) is 5.69. The van der Waals surface area contributed by atoms with Crippen LogP contribution in [-0.2, 0) is 10.2 Å². The first-order chi connectivity index (χ1) is 11.8. The number of hydrogen-bond donors (Lipinski definition) is 1. The van der Waals surface area contributed by atoms with Crippen molar-refractivity contribution in [2.24, 2.45) is 0 Å². The Morgan fingerprint density at radius 2 is 1.80 bits per heavy atom. The van der Waals surface area contributed by atoms with E-state index >= 15 is 0 Å². The zero-order chi connectivity index (χ0) is 18.4. The highest BCUT2D eigenvalue weighted by molar-refractivity contribution is 14.1. The molecule has 0 saturated carbocycles.